The molecule has 1 fully saturated rings. The highest BCUT2D eigenvalue weighted by molar-refractivity contribution is 7.08. The molecule has 0 radical (unpaired) electrons. The Labute approximate surface area is 146 Å². The highest BCUT2D eigenvalue weighted by Gasteiger charge is 2.24. The zero-order chi connectivity index (χ0) is 16.9. The van der Waals surface area contributed by atoms with Gasteiger partial charge < -0.3 is 19.7 Å². The van der Waals surface area contributed by atoms with Gasteiger partial charge >= 0.3 is 0 Å². The Kier molecular flexibility index (Phi) is 5.25. The summed E-state index contributed by atoms with van der Waals surface area (Å²) in [6.07, 6.45) is 2.03. The average Bonchev–Trinajstić information content (AvgIpc) is 3.15. The smallest absolute Gasteiger partial charge is 0.254 e. The van der Waals surface area contributed by atoms with Crippen molar-refractivity contribution >= 4 is 22.9 Å². The molecular weight excluding hydrogens is 324 g/mol. The van der Waals surface area contributed by atoms with E-state index in [4.69, 9.17) is 9.47 Å². The van der Waals surface area contributed by atoms with Crippen molar-refractivity contribution in [3.8, 4) is 11.5 Å². The second-order valence-corrected chi connectivity index (χ2v) is 6.63. The van der Waals surface area contributed by atoms with E-state index >= 15 is 0 Å². The summed E-state index contributed by atoms with van der Waals surface area (Å²) < 4.78 is 10.6. The Morgan fingerprint density at radius 2 is 2.00 bits per heavy atom. The maximum atomic E-state index is 12.5. The molecule has 24 heavy (non-hydrogen) atoms. The number of ether oxygens (including phenoxy) is 2. The molecule has 3 rings (SSSR count). The van der Waals surface area contributed by atoms with Crippen molar-refractivity contribution in [1.29, 1.82) is 0 Å². The summed E-state index contributed by atoms with van der Waals surface area (Å²) in [5.74, 6) is 1.61. The predicted molar refractivity (Wildman–Crippen MR) is 96.4 cm³/mol. The highest BCUT2D eigenvalue weighted by Crippen LogP contribution is 2.27. The fourth-order valence-corrected chi connectivity index (χ4v) is 3.60. The van der Waals surface area contributed by atoms with E-state index in [1.54, 1.807) is 25.6 Å². The van der Waals surface area contributed by atoms with Crippen LogP contribution in [0.25, 0.3) is 0 Å². The number of nitrogens with one attached hydrogen (secondary N) is 1. The van der Waals surface area contributed by atoms with Gasteiger partial charge in [-0.15, -0.1) is 0 Å². The Balaban J connectivity index is 1.68. The van der Waals surface area contributed by atoms with E-state index in [-0.39, 0.29) is 11.9 Å². The first-order chi connectivity index (χ1) is 11.7. The zero-order valence-electron chi connectivity index (χ0n) is 14.0. The van der Waals surface area contributed by atoms with E-state index in [0.717, 1.165) is 42.1 Å². The van der Waals surface area contributed by atoms with Crippen molar-refractivity contribution in [2.24, 2.45) is 0 Å². The molecule has 0 bridgehead atoms. The number of hydrogen-bond acceptors (Lipinski definition) is 5. The van der Waals surface area contributed by atoms with Gasteiger partial charge in [0, 0.05) is 48.4 Å². The third-order valence-electron chi connectivity index (χ3n) is 4.20. The lowest BCUT2D eigenvalue weighted by molar-refractivity contribution is 0.0715. The maximum absolute atomic E-state index is 12.5. The molecule has 0 aliphatic carbocycles. The second kappa shape index (κ2) is 7.57. The van der Waals surface area contributed by atoms with Crippen LogP contribution in [0.2, 0.25) is 0 Å². The lowest BCUT2D eigenvalue weighted by atomic mass is 10.0. The lowest BCUT2D eigenvalue weighted by Crippen LogP contribution is -2.45. The van der Waals surface area contributed by atoms with Crippen molar-refractivity contribution in [1.82, 2.24) is 4.90 Å². The molecule has 0 saturated carbocycles. The van der Waals surface area contributed by atoms with Gasteiger partial charge in [0.25, 0.3) is 5.91 Å². The molecular formula is C18H22N2O3S. The van der Waals surface area contributed by atoms with Crippen LogP contribution in [0, 0.1) is 0 Å². The average molecular weight is 346 g/mol. The molecule has 5 nitrogen and oxygen atoms in total. The third-order valence-corrected chi connectivity index (χ3v) is 4.88. The van der Waals surface area contributed by atoms with Crippen LogP contribution in [0.15, 0.2) is 35.0 Å². The standard InChI is InChI=1S/C18H22N2O3S/c1-22-16-8-15(9-17(10-16)23-2)19-14-4-3-6-20(11-14)18(21)13-5-7-24-12-13/h5,7-10,12,14,19H,3-4,6,11H2,1-2H3/t14-/m1/s1. The van der Waals surface area contributed by atoms with Crippen molar-refractivity contribution < 1.29 is 14.3 Å². The molecule has 1 aliphatic heterocycles. The molecule has 1 aromatic heterocycles. The summed E-state index contributed by atoms with van der Waals surface area (Å²) >= 11 is 1.55. The number of methoxy groups -OCH3 is 2. The molecule has 2 aromatic rings. The molecule has 1 amide bonds. The van der Waals surface area contributed by atoms with Gasteiger partial charge in [0.2, 0.25) is 0 Å². The van der Waals surface area contributed by atoms with Crippen LogP contribution < -0.4 is 14.8 Å². The van der Waals surface area contributed by atoms with Gasteiger partial charge in [-0.3, -0.25) is 4.79 Å². The number of carbonyl (C=O) groups excluding carboxylic acids is 1. The Bertz CT molecular complexity index is 665. The number of nitrogens with zero attached hydrogens (tertiary/aromatic N) is 1. The van der Waals surface area contributed by atoms with Gasteiger partial charge in [0.1, 0.15) is 11.5 Å². The minimum atomic E-state index is 0.117. The summed E-state index contributed by atoms with van der Waals surface area (Å²) in [5, 5.41) is 7.36. The van der Waals surface area contributed by atoms with Crippen LogP contribution in [0.3, 0.4) is 0 Å². The first kappa shape index (κ1) is 16.6. The maximum Gasteiger partial charge on any atom is 0.254 e. The Morgan fingerprint density at radius 3 is 2.62 bits per heavy atom. The summed E-state index contributed by atoms with van der Waals surface area (Å²) in [7, 11) is 3.28. The lowest BCUT2D eigenvalue weighted by Gasteiger charge is -2.33. The molecule has 6 heteroatoms. The minimum absolute atomic E-state index is 0.117. The summed E-state index contributed by atoms with van der Waals surface area (Å²) in [6.45, 7) is 1.52. The van der Waals surface area contributed by atoms with Gasteiger partial charge in [-0.2, -0.15) is 11.3 Å². The van der Waals surface area contributed by atoms with Gasteiger partial charge in [0.15, 0.2) is 0 Å². The molecule has 1 atom stereocenters. The molecule has 0 spiro atoms. The normalized spacial score (nSPS) is 17.4. The quantitative estimate of drug-likeness (QED) is 0.900. The first-order valence-electron chi connectivity index (χ1n) is 8.00. The van der Waals surface area contributed by atoms with Crippen LogP contribution >= 0.6 is 11.3 Å². The van der Waals surface area contributed by atoms with E-state index in [1.165, 1.54) is 0 Å². The fraction of sp³-hybridized carbons (Fsp3) is 0.389. The SMILES string of the molecule is COc1cc(N[C@@H]2CCCN(C(=O)c3ccsc3)C2)cc(OC)c1. The third kappa shape index (κ3) is 3.82. The number of hydrogen-bond donors (Lipinski definition) is 1. The summed E-state index contributed by atoms with van der Waals surface area (Å²) in [5.41, 5.74) is 1.73. The van der Waals surface area contributed by atoms with Crippen LogP contribution in [-0.4, -0.2) is 44.2 Å². The molecule has 128 valence electrons. The zero-order valence-corrected chi connectivity index (χ0v) is 14.8. The minimum Gasteiger partial charge on any atom is -0.497 e. The molecule has 1 aromatic carbocycles. The van der Waals surface area contributed by atoms with E-state index in [0.29, 0.717) is 6.54 Å². The van der Waals surface area contributed by atoms with E-state index in [1.807, 2.05) is 39.9 Å². The Morgan fingerprint density at radius 1 is 1.25 bits per heavy atom. The number of carbonyl (C=O) groups is 1. The van der Waals surface area contributed by atoms with Gasteiger partial charge in [-0.05, 0) is 24.3 Å². The topological polar surface area (TPSA) is 50.8 Å². The number of benzene rings is 1. The number of likely N-dealkylation sites (tertiary alicyclic amines) is 1. The number of piperidine rings is 1. The monoisotopic (exact) mass is 346 g/mol. The van der Waals surface area contributed by atoms with E-state index in [2.05, 4.69) is 5.32 Å². The molecule has 0 unspecified atom stereocenters. The largest absolute Gasteiger partial charge is 0.497 e. The Hall–Kier alpha value is -2.21. The van der Waals surface area contributed by atoms with Gasteiger partial charge in [0.05, 0.1) is 19.8 Å². The molecule has 1 saturated heterocycles. The first-order valence-corrected chi connectivity index (χ1v) is 8.95. The van der Waals surface area contributed by atoms with E-state index in [9.17, 15) is 4.79 Å². The van der Waals surface area contributed by atoms with Gasteiger partial charge in [-0.1, -0.05) is 0 Å². The molecule has 1 N–H and O–H groups in total. The van der Waals surface area contributed by atoms with Crippen molar-refractivity contribution in [2.45, 2.75) is 18.9 Å². The van der Waals surface area contributed by atoms with Crippen molar-refractivity contribution in [2.75, 3.05) is 32.6 Å². The summed E-state index contributed by atoms with van der Waals surface area (Å²) in [4.78, 5) is 14.5. The van der Waals surface area contributed by atoms with Crippen molar-refractivity contribution in [3.05, 3.63) is 40.6 Å². The number of amides is 1. The second-order valence-electron chi connectivity index (χ2n) is 5.85. The number of rotatable bonds is 5. The highest BCUT2D eigenvalue weighted by atomic mass is 32.1. The van der Waals surface area contributed by atoms with Crippen LogP contribution in [0.1, 0.15) is 23.2 Å². The van der Waals surface area contributed by atoms with Crippen LogP contribution in [0.4, 0.5) is 5.69 Å². The van der Waals surface area contributed by atoms with Crippen LogP contribution in [-0.2, 0) is 0 Å². The van der Waals surface area contributed by atoms with Gasteiger partial charge in [-0.25, -0.2) is 0 Å². The van der Waals surface area contributed by atoms with Crippen molar-refractivity contribution in [3.63, 3.8) is 0 Å². The van der Waals surface area contributed by atoms with Crippen LogP contribution in [0.5, 0.6) is 11.5 Å². The van der Waals surface area contributed by atoms with E-state index < -0.39 is 0 Å². The predicted octanol–water partition coefficient (Wildman–Crippen LogP) is 3.48. The number of anilines is 1. The summed E-state index contributed by atoms with van der Waals surface area (Å²) in [6, 6.07) is 7.85. The molecule has 1 aliphatic rings. The number of thiophene rings is 1. The fourth-order valence-electron chi connectivity index (χ4n) is 2.97. The molecule has 2 heterocycles.